The molecule has 0 aliphatic carbocycles. The van der Waals surface area contributed by atoms with Gasteiger partial charge < -0.3 is 14.8 Å². The van der Waals surface area contributed by atoms with Crippen LogP contribution in [0.2, 0.25) is 0 Å². The third-order valence-corrected chi connectivity index (χ3v) is 3.41. The van der Waals surface area contributed by atoms with E-state index in [2.05, 4.69) is 6.92 Å². The monoisotopic (exact) mass is 272 g/mol. The average molecular weight is 272 g/mol. The predicted octanol–water partition coefficient (Wildman–Crippen LogP) is 3.72. The number of hydrogen-bond donors (Lipinski definition) is 2. The fourth-order valence-electron chi connectivity index (χ4n) is 2.23. The lowest BCUT2D eigenvalue weighted by Gasteiger charge is -2.04. The number of ether oxygens (including phenoxy) is 1. The van der Waals surface area contributed by atoms with Gasteiger partial charge in [-0.25, -0.2) is 0 Å². The summed E-state index contributed by atoms with van der Waals surface area (Å²) in [5.41, 5.74) is 0. The lowest BCUT2D eigenvalue weighted by Crippen LogP contribution is -2.20. The molecular formula is C15H33BO3. The van der Waals surface area contributed by atoms with Gasteiger partial charge in [-0.15, -0.1) is 0 Å². The highest BCUT2D eigenvalue weighted by Crippen LogP contribution is 2.11. The largest absolute Gasteiger partial charge is 0.479 e. The summed E-state index contributed by atoms with van der Waals surface area (Å²) in [5.74, 6) is 0. The zero-order valence-corrected chi connectivity index (χ0v) is 12.8. The van der Waals surface area contributed by atoms with E-state index in [1.54, 1.807) is 0 Å². The molecule has 0 aliphatic heterocycles. The Kier molecular flexibility index (Phi) is 16.0. The van der Waals surface area contributed by atoms with E-state index in [0.29, 0.717) is 6.61 Å². The van der Waals surface area contributed by atoms with Crippen LogP contribution < -0.4 is 0 Å². The standard InChI is InChI=1S/C15H33BO3/c1-2-3-4-5-6-7-8-9-10-11-12-13-14-19-15-16(17)18/h17-18H,2-15H2,1H3. The minimum Gasteiger partial charge on any atom is -0.426 e. The van der Waals surface area contributed by atoms with Crippen LogP contribution in [0, 0.1) is 0 Å². The van der Waals surface area contributed by atoms with Crippen LogP contribution in [-0.4, -0.2) is 30.3 Å². The first-order valence-electron chi connectivity index (χ1n) is 8.21. The van der Waals surface area contributed by atoms with Crippen LogP contribution in [0.5, 0.6) is 0 Å². The third-order valence-electron chi connectivity index (χ3n) is 3.41. The summed E-state index contributed by atoms with van der Waals surface area (Å²) in [5, 5.41) is 17.1. The SMILES string of the molecule is CCCCCCCCCCCCCCOCB(O)O. The molecule has 0 aromatic heterocycles. The van der Waals surface area contributed by atoms with Crippen molar-refractivity contribution in [2.75, 3.05) is 13.1 Å². The molecule has 0 saturated heterocycles. The minimum absolute atomic E-state index is 0.0397. The van der Waals surface area contributed by atoms with Crippen molar-refractivity contribution in [1.82, 2.24) is 0 Å². The molecule has 0 aromatic rings. The molecule has 0 bridgehead atoms. The van der Waals surface area contributed by atoms with Crippen LogP contribution in [0.3, 0.4) is 0 Å². The normalized spacial score (nSPS) is 10.9. The van der Waals surface area contributed by atoms with Crippen molar-refractivity contribution in [2.24, 2.45) is 0 Å². The molecule has 0 saturated carbocycles. The molecule has 0 aliphatic rings. The maximum Gasteiger partial charge on any atom is 0.479 e. The maximum atomic E-state index is 8.57. The van der Waals surface area contributed by atoms with Crippen molar-refractivity contribution in [3.63, 3.8) is 0 Å². The molecule has 2 N–H and O–H groups in total. The predicted molar refractivity (Wildman–Crippen MR) is 82.1 cm³/mol. The van der Waals surface area contributed by atoms with Gasteiger partial charge in [0.25, 0.3) is 0 Å². The Morgan fingerprint density at radius 1 is 0.684 bits per heavy atom. The smallest absolute Gasteiger partial charge is 0.426 e. The highest BCUT2D eigenvalue weighted by Gasteiger charge is 2.04. The summed E-state index contributed by atoms with van der Waals surface area (Å²) in [7, 11) is -1.32. The van der Waals surface area contributed by atoms with E-state index >= 15 is 0 Å². The molecule has 4 heteroatoms. The molecule has 0 atom stereocenters. The van der Waals surface area contributed by atoms with E-state index in [1.165, 1.54) is 70.6 Å². The van der Waals surface area contributed by atoms with Gasteiger partial charge in [-0.3, -0.25) is 0 Å². The zero-order chi connectivity index (χ0) is 14.2. The molecule has 0 heterocycles. The van der Waals surface area contributed by atoms with Gasteiger partial charge in [-0.05, 0) is 6.42 Å². The maximum absolute atomic E-state index is 8.57. The third kappa shape index (κ3) is 17.9. The topological polar surface area (TPSA) is 49.7 Å². The molecule has 0 unspecified atom stereocenters. The highest BCUT2D eigenvalue weighted by molar-refractivity contribution is 6.40. The second-order valence-corrected chi connectivity index (χ2v) is 5.44. The summed E-state index contributed by atoms with van der Waals surface area (Å²) in [4.78, 5) is 0. The summed E-state index contributed by atoms with van der Waals surface area (Å²) in [6.45, 7) is 2.95. The highest BCUT2D eigenvalue weighted by atomic mass is 16.5. The molecule has 19 heavy (non-hydrogen) atoms. The Bertz CT molecular complexity index is 165. The van der Waals surface area contributed by atoms with E-state index in [1.807, 2.05) is 0 Å². The Hall–Kier alpha value is -0.0551. The van der Waals surface area contributed by atoms with E-state index in [0.717, 1.165) is 6.42 Å². The van der Waals surface area contributed by atoms with E-state index in [-0.39, 0.29) is 6.51 Å². The zero-order valence-electron chi connectivity index (χ0n) is 12.8. The van der Waals surface area contributed by atoms with E-state index < -0.39 is 7.12 Å². The summed E-state index contributed by atoms with van der Waals surface area (Å²) in [6, 6.07) is 0. The van der Waals surface area contributed by atoms with Crippen molar-refractivity contribution >= 4 is 7.12 Å². The molecule has 0 spiro atoms. The number of hydrogen-bond acceptors (Lipinski definition) is 3. The van der Waals surface area contributed by atoms with Crippen LogP contribution in [0.1, 0.15) is 84.0 Å². The summed E-state index contributed by atoms with van der Waals surface area (Å²) < 4.78 is 5.09. The van der Waals surface area contributed by atoms with Crippen LogP contribution >= 0.6 is 0 Å². The van der Waals surface area contributed by atoms with Crippen molar-refractivity contribution in [2.45, 2.75) is 84.0 Å². The van der Waals surface area contributed by atoms with Crippen molar-refractivity contribution < 1.29 is 14.8 Å². The van der Waals surface area contributed by atoms with Gasteiger partial charge in [0.1, 0.15) is 0 Å². The number of rotatable bonds is 15. The van der Waals surface area contributed by atoms with Crippen LogP contribution in [0.25, 0.3) is 0 Å². The second kappa shape index (κ2) is 16.0. The van der Waals surface area contributed by atoms with E-state index in [9.17, 15) is 0 Å². The fourth-order valence-corrected chi connectivity index (χ4v) is 2.23. The molecular weight excluding hydrogens is 239 g/mol. The fraction of sp³-hybridized carbons (Fsp3) is 1.00. The van der Waals surface area contributed by atoms with Gasteiger partial charge in [-0.2, -0.15) is 0 Å². The first kappa shape index (κ1) is 18.9. The Labute approximate surface area is 119 Å². The Morgan fingerprint density at radius 2 is 1.11 bits per heavy atom. The Balaban J connectivity index is 2.91. The molecule has 3 nitrogen and oxygen atoms in total. The lowest BCUT2D eigenvalue weighted by atomic mass is 9.95. The minimum atomic E-state index is -1.32. The molecule has 0 radical (unpaired) electrons. The van der Waals surface area contributed by atoms with Crippen molar-refractivity contribution in [3.8, 4) is 0 Å². The lowest BCUT2D eigenvalue weighted by molar-refractivity contribution is 0.149. The Morgan fingerprint density at radius 3 is 1.53 bits per heavy atom. The van der Waals surface area contributed by atoms with E-state index in [4.69, 9.17) is 14.8 Å². The van der Waals surface area contributed by atoms with Crippen molar-refractivity contribution in [3.05, 3.63) is 0 Å². The summed E-state index contributed by atoms with van der Waals surface area (Å²) >= 11 is 0. The van der Waals surface area contributed by atoms with Gasteiger partial charge in [0.2, 0.25) is 0 Å². The van der Waals surface area contributed by atoms with Crippen LogP contribution in [0.15, 0.2) is 0 Å². The van der Waals surface area contributed by atoms with Crippen LogP contribution in [-0.2, 0) is 4.74 Å². The number of unbranched alkanes of at least 4 members (excludes halogenated alkanes) is 11. The molecule has 114 valence electrons. The quantitative estimate of drug-likeness (QED) is 0.353. The van der Waals surface area contributed by atoms with Crippen LogP contribution in [0.4, 0.5) is 0 Å². The molecule has 0 amide bonds. The molecule has 0 rings (SSSR count). The first-order valence-corrected chi connectivity index (χ1v) is 8.21. The second-order valence-electron chi connectivity index (χ2n) is 5.44. The molecule has 0 fully saturated rings. The van der Waals surface area contributed by atoms with Gasteiger partial charge >= 0.3 is 7.12 Å². The van der Waals surface area contributed by atoms with Gasteiger partial charge in [0, 0.05) is 6.61 Å². The first-order chi connectivity index (χ1) is 9.27. The average Bonchev–Trinajstić information content (AvgIpc) is 2.39. The van der Waals surface area contributed by atoms with Crippen molar-refractivity contribution in [1.29, 1.82) is 0 Å². The summed E-state index contributed by atoms with van der Waals surface area (Å²) in [6.07, 6.45) is 16.0. The van der Waals surface area contributed by atoms with Gasteiger partial charge in [0.15, 0.2) is 0 Å². The van der Waals surface area contributed by atoms with Gasteiger partial charge in [0.05, 0.1) is 6.51 Å². The van der Waals surface area contributed by atoms with Gasteiger partial charge in [-0.1, -0.05) is 77.6 Å². The molecule has 0 aromatic carbocycles.